The number of aromatic nitrogens is 2. The largest absolute Gasteiger partial charge is 0.366 e. The second kappa shape index (κ2) is 3.46. The molecule has 1 aromatic heterocycles. The molecule has 1 heterocycles. The average molecular weight is 149 g/mol. The second-order valence-electron chi connectivity index (χ2n) is 1.87. The molecule has 1 amide bonds. The van der Waals surface area contributed by atoms with Gasteiger partial charge >= 0.3 is 0 Å². The first-order valence-electron chi connectivity index (χ1n) is 3.02. The standard InChI is InChI=1S/C7H7N3O/c8-7(11)2-1-6-5-9-3-4-10-6/h1-5H,(H2,8,11). The van der Waals surface area contributed by atoms with Crippen LogP contribution in [0.5, 0.6) is 0 Å². The minimum atomic E-state index is -0.490. The summed E-state index contributed by atoms with van der Waals surface area (Å²) in [5, 5.41) is 0. The van der Waals surface area contributed by atoms with E-state index < -0.39 is 5.91 Å². The molecule has 0 fully saturated rings. The van der Waals surface area contributed by atoms with E-state index in [4.69, 9.17) is 5.73 Å². The first-order chi connectivity index (χ1) is 5.29. The van der Waals surface area contributed by atoms with Gasteiger partial charge in [0.2, 0.25) is 5.91 Å². The number of carbonyl (C=O) groups excluding carboxylic acids is 1. The quantitative estimate of drug-likeness (QED) is 0.600. The number of nitrogens with two attached hydrogens (primary N) is 1. The Balaban J connectivity index is 2.72. The molecule has 0 aliphatic rings. The summed E-state index contributed by atoms with van der Waals surface area (Å²) in [6.07, 6.45) is 7.39. The van der Waals surface area contributed by atoms with Crippen molar-refractivity contribution in [1.29, 1.82) is 0 Å². The average Bonchev–Trinajstić information content (AvgIpc) is 2.03. The number of hydrogen-bond donors (Lipinski definition) is 1. The van der Waals surface area contributed by atoms with Gasteiger partial charge in [-0.1, -0.05) is 0 Å². The fourth-order valence-corrected chi connectivity index (χ4v) is 0.564. The van der Waals surface area contributed by atoms with Gasteiger partial charge in [0.15, 0.2) is 0 Å². The van der Waals surface area contributed by atoms with Gasteiger partial charge in [0.1, 0.15) is 0 Å². The van der Waals surface area contributed by atoms with E-state index in [1.54, 1.807) is 18.6 Å². The third kappa shape index (κ3) is 2.57. The molecule has 0 saturated heterocycles. The van der Waals surface area contributed by atoms with Crippen LogP contribution in [0.2, 0.25) is 0 Å². The van der Waals surface area contributed by atoms with Crippen LogP contribution in [0, 0.1) is 0 Å². The molecule has 4 nitrogen and oxygen atoms in total. The fraction of sp³-hybridized carbons (Fsp3) is 0. The number of carbonyl (C=O) groups is 1. The Morgan fingerprint density at radius 2 is 2.36 bits per heavy atom. The Hall–Kier alpha value is -1.71. The Kier molecular flexibility index (Phi) is 2.32. The lowest BCUT2D eigenvalue weighted by molar-refractivity contribution is -0.113. The summed E-state index contributed by atoms with van der Waals surface area (Å²) in [5.74, 6) is -0.490. The van der Waals surface area contributed by atoms with Gasteiger partial charge < -0.3 is 5.73 Å². The lowest BCUT2D eigenvalue weighted by Crippen LogP contribution is -2.05. The zero-order valence-corrected chi connectivity index (χ0v) is 5.77. The first kappa shape index (κ1) is 7.40. The molecule has 0 aromatic carbocycles. The third-order valence-corrected chi connectivity index (χ3v) is 1.00. The second-order valence-corrected chi connectivity index (χ2v) is 1.87. The zero-order valence-electron chi connectivity index (χ0n) is 5.77. The van der Waals surface area contributed by atoms with Gasteiger partial charge in [0, 0.05) is 18.5 Å². The van der Waals surface area contributed by atoms with Crippen molar-refractivity contribution >= 4 is 12.0 Å². The third-order valence-electron chi connectivity index (χ3n) is 1.00. The predicted molar refractivity (Wildman–Crippen MR) is 40.3 cm³/mol. The number of nitrogens with zero attached hydrogens (tertiary/aromatic N) is 2. The maximum Gasteiger partial charge on any atom is 0.241 e. The van der Waals surface area contributed by atoms with Crippen molar-refractivity contribution in [2.45, 2.75) is 0 Å². The molecule has 0 atom stereocenters. The molecule has 11 heavy (non-hydrogen) atoms. The summed E-state index contributed by atoms with van der Waals surface area (Å²) in [6.45, 7) is 0. The van der Waals surface area contributed by atoms with Crippen LogP contribution < -0.4 is 5.73 Å². The molecule has 0 bridgehead atoms. The van der Waals surface area contributed by atoms with E-state index in [-0.39, 0.29) is 0 Å². The van der Waals surface area contributed by atoms with Gasteiger partial charge in [-0.3, -0.25) is 14.8 Å². The van der Waals surface area contributed by atoms with Gasteiger partial charge in [-0.15, -0.1) is 0 Å². The summed E-state index contributed by atoms with van der Waals surface area (Å²) < 4.78 is 0. The van der Waals surface area contributed by atoms with Crippen LogP contribution in [0.3, 0.4) is 0 Å². The predicted octanol–water partition coefficient (Wildman–Crippen LogP) is -0.0249. The van der Waals surface area contributed by atoms with Crippen molar-refractivity contribution in [3.63, 3.8) is 0 Å². The highest BCUT2D eigenvalue weighted by Gasteiger charge is 1.86. The SMILES string of the molecule is NC(=O)C=Cc1cnccn1. The van der Waals surface area contributed by atoms with Crippen molar-refractivity contribution in [3.05, 3.63) is 30.4 Å². The maximum atomic E-state index is 10.3. The van der Waals surface area contributed by atoms with Gasteiger partial charge in [0.05, 0.1) is 11.9 Å². The molecular weight excluding hydrogens is 142 g/mol. The molecule has 0 saturated carbocycles. The van der Waals surface area contributed by atoms with Gasteiger partial charge in [0.25, 0.3) is 0 Å². The minimum Gasteiger partial charge on any atom is -0.366 e. The molecule has 4 heteroatoms. The van der Waals surface area contributed by atoms with Crippen LogP contribution in [0.1, 0.15) is 5.69 Å². The van der Waals surface area contributed by atoms with Crippen LogP contribution in [0.15, 0.2) is 24.7 Å². The van der Waals surface area contributed by atoms with Crippen molar-refractivity contribution in [2.75, 3.05) is 0 Å². The number of amides is 1. The lowest BCUT2D eigenvalue weighted by atomic mass is 10.4. The summed E-state index contributed by atoms with van der Waals surface area (Å²) in [7, 11) is 0. The van der Waals surface area contributed by atoms with Crippen LogP contribution >= 0.6 is 0 Å². The van der Waals surface area contributed by atoms with E-state index >= 15 is 0 Å². The van der Waals surface area contributed by atoms with E-state index in [1.165, 1.54) is 12.2 Å². The summed E-state index contributed by atoms with van der Waals surface area (Å²) in [4.78, 5) is 18.0. The summed E-state index contributed by atoms with van der Waals surface area (Å²) >= 11 is 0. The van der Waals surface area contributed by atoms with E-state index in [0.717, 1.165) is 0 Å². The molecule has 0 aliphatic heterocycles. The molecule has 0 radical (unpaired) electrons. The number of rotatable bonds is 2. The highest BCUT2D eigenvalue weighted by atomic mass is 16.1. The van der Waals surface area contributed by atoms with Crippen LogP contribution in [-0.2, 0) is 4.79 Å². The van der Waals surface area contributed by atoms with Crippen molar-refractivity contribution in [2.24, 2.45) is 5.73 Å². The monoisotopic (exact) mass is 149 g/mol. The fourth-order valence-electron chi connectivity index (χ4n) is 0.564. The lowest BCUT2D eigenvalue weighted by Gasteiger charge is -1.86. The van der Waals surface area contributed by atoms with Gasteiger partial charge in [-0.05, 0) is 6.08 Å². The van der Waals surface area contributed by atoms with Gasteiger partial charge in [-0.25, -0.2) is 0 Å². The number of hydrogen-bond acceptors (Lipinski definition) is 3. The van der Waals surface area contributed by atoms with E-state index in [1.807, 2.05) is 0 Å². The topological polar surface area (TPSA) is 68.9 Å². The summed E-state index contributed by atoms with van der Waals surface area (Å²) in [5.41, 5.74) is 5.48. The number of primary amides is 1. The minimum absolute atomic E-state index is 0.490. The molecule has 56 valence electrons. The van der Waals surface area contributed by atoms with Crippen LogP contribution in [-0.4, -0.2) is 15.9 Å². The van der Waals surface area contributed by atoms with Crippen molar-refractivity contribution in [1.82, 2.24) is 9.97 Å². The smallest absolute Gasteiger partial charge is 0.241 e. The molecule has 1 rings (SSSR count). The molecule has 0 unspecified atom stereocenters. The Morgan fingerprint density at radius 3 is 2.91 bits per heavy atom. The molecule has 1 aromatic rings. The van der Waals surface area contributed by atoms with E-state index in [0.29, 0.717) is 5.69 Å². The Labute approximate surface area is 63.8 Å². The highest BCUT2D eigenvalue weighted by Crippen LogP contribution is 1.91. The summed E-state index contributed by atoms with van der Waals surface area (Å²) in [6, 6.07) is 0. The molecule has 2 N–H and O–H groups in total. The van der Waals surface area contributed by atoms with Crippen LogP contribution in [0.4, 0.5) is 0 Å². The molecular formula is C7H7N3O. The van der Waals surface area contributed by atoms with Crippen molar-refractivity contribution in [3.8, 4) is 0 Å². The maximum absolute atomic E-state index is 10.3. The highest BCUT2D eigenvalue weighted by molar-refractivity contribution is 5.89. The van der Waals surface area contributed by atoms with E-state index in [2.05, 4.69) is 9.97 Å². The molecule has 0 spiro atoms. The Bertz CT molecular complexity index is 268. The van der Waals surface area contributed by atoms with Crippen molar-refractivity contribution < 1.29 is 4.79 Å². The zero-order chi connectivity index (χ0) is 8.10. The van der Waals surface area contributed by atoms with E-state index in [9.17, 15) is 4.79 Å². The molecule has 0 aliphatic carbocycles. The first-order valence-corrected chi connectivity index (χ1v) is 3.02. The van der Waals surface area contributed by atoms with Crippen LogP contribution in [0.25, 0.3) is 6.08 Å². The Morgan fingerprint density at radius 1 is 1.55 bits per heavy atom. The van der Waals surface area contributed by atoms with Gasteiger partial charge in [-0.2, -0.15) is 0 Å². The normalized spacial score (nSPS) is 10.2.